The maximum absolute atomic E-state index is 12.0. The van der Waals surface area contributed by atoms with Crippen LogP contribution in [0.4, 0.5) is 0 Å². The molecule has 0 fully saturated rings. The Morgan fingerprint density at radius 2 is 2.16 bits per heavy atom. The zero-order valence-electron chi connectivity index (χ0n) is 11.9. The molecule has 104 valence electrons. The first-order valence-electron chi connectivity index (χ1n) is 6.37. The summed E-state index contributed by atoms with van der Waals surface area (Å²) in [4.78, 5) is 13.6. The lowest BCUT2D eigenvalue weighted by atomic mass is 10.0. The van der Waals surface area contributed by atoms with Crippen LogP contribution in [0.1, 0.15) is 31.8 Å². The SMILES string of the molecule is CC(C)CC(NCc1ccc(C#N)o1)C(=O)N(C)C. The van der Waals surface area contributed by atoms with Gasteiger partial charge in [0.15, 0.2) is 0 Å². The van der Waals surface area contributed by atoms with Crippen LogP contribution in [0.25, 0.3) is 0 Å². The molecule has 1 aromatic rings. The lowest BCUT2D eigenvalue weighted by molar-refractivity contribution is -0.131. The summed E-state index contributed by atoms with van der Waals surface area (Å²) in [5, 5.41) is 11.9. The first-order chi connectivity index (χ1) is 8.93. The van der Waals surface area contributed by atoms with Crippen LogP contribution in [-0.4, -0.2) is 30.9 Å². The number of nitrogens with one attached hydrogen (secondary N) is 1. The van der Waals surface area contributed by atoms with Crippen LogP contribution < -0.4 is 5.32 Å². The Morgan fingerprint density at radius 1 is 1.47 bits per heavy atom. The Kier molecular flexibility index (Phi) is 5.58. The lowest BCUT2D eigenvalue weighted by Gasteiger charge is -2.22. The molecule has 19 heavy (non-hydrogen) atoms. The molecule has 1 rings (SSSR count). The summed E-state index contributed by atoms with van der Waals surface area (Å²) in [6.07, 6.45) is 0.767. The average molecular weight is 263 g/mol. The van der Waals surface area contributed by atoms with Crippen LogP contribution >= 0.6 is 0 Å². The molecule has 0 aliphatic heterocycles. The summed E-state index contributed by atoms with van der Waals surface area (Å²) in [5.74, 6) is 1.43. The molecule has 5 heteroatoms. The molecule has 0 aliphatic carbocycles. The van der Waals surface area contributed by atoms with Crippen molar-refractivity contribution in [2.24, 2.45) is 5.92 Å². The van der Waals surface area contributed by atoms with Crippen molar-refractivity contribution in [1.29, 1.82) is 5.26 Å². The van der Waals surface area contributed by atoms with Crippen molar-refractivity contribution in [2.45, 2.75) is 32.9 Å². The predicted octanol–water partition coefficient (Wildman–Crippen LogP) is 1.74. The molecule has 0 radical (unpaired) electrons. The van der Waals surface area contributed by atoms with Crippen molar-refractivity contribution in [3.05, 3.63) is 23.7 Å². The highest BCUT2D eigenvalue weighted by molar-refractivity contribution is 5.81. The van der Waals surface area contributed by atoms with Crippen LogP contribution in [-0.2, 0) is 11.3 Å². The summed E-state index contributed by atoms with van der Waals surface area (Å²) in [5.41, 5.74) is 0. The largest absolute Gasteiger partial charge is 0.449 e. The van der Waals surface area contributed by atoms with Crippen molar-refractivity contribution in [2.75, 3.05) is 14.1 Å². The van der Waals surface area contributed by atoms with Gasteiger partial charge in [-0.3, -0.25) is 10.1 Å². The molecule has 1 heterocycles. The second-order valence-electron chi connectivity index (χ2n) is 5.17. The van der Waals surface area contributed by atoms with Crippen LogP contribution in [0.15, 0.2) is 16.5 Å². The van der Waals surface area contributed by atoms with Crippen LogP contribution in [0, 0.1) is 17.2 Å². The third kappa shape index (κ3) is 4.76. The maximum Gasteiger partial charge on any atom is 0.239 e. The maximum atomic E-state index is 12.0. The first kappa shape index (κ1) is 15.3. The average Bonchev–Trinajstić information content (AvgIpc) is 2.80. The summed E-state index contributed by atoms with van der Waals surface area (Å²) < 4.78 is 5.28. The number of carbonyl (C=O) groups is 1. The zero-order chi connectivity index (χ0) is 14.4. The van der Waals surface area contributed by atoms with Crippen molar-refractivity contribution in [1.82, 2.24) is 10.2 Å². The van der Waals surface area contributed by atoms with E-state index in [9.17, 15) is 4.79 Å². The molecular formula is C14H21N3O2. The highest BCUT2D eigenvalue weighted by atomic mass is 16.3. The summed E-state index contributed by atoms with van der Waals surface area (Å²) in [6.45, 7) is 4.61. The van der Waals surface area contributed by atoms with Crippen LogP contribution in [0.5, 0.6) is 0 Å². The smallest absolute Gasteiger partial charge is 0.239 e. The van der Waals surface area contributed by atoms with Crippen molar-refractivity contribution < 1.29 is 9.21 Å². The number of nitrogens with zero attached hydrogens (tertiary/aromatic N) is 2. The van der Waals surface area contributed by atoms with Crippen molar-refractivity contribution in [3.8, 4) is 6.07 Å². The lowest BCUT2D eigenvalue weighted by Crippen LogP contribution is -2.44. The van der Waals surface area contributed by atoms with E-state index in [4.69, 9.17) is 9.68 Å². The van der Waals surface area contributed by atoms with Crippen LogP contribution in [0.2, 0.25) is 0 Å². The first-order valence-corrected chi connectivity index (χ1v) is 6.37. The van der Waals surface area contributed by atoms with Gasteiger partial charge in [-0.15, -0.1) is 0 Å². The molecule has 0 saturated carbocycles. The van der Waals surface area contributed by atoms with Gasteiger partial charge in [-0.25, -0.2) is 0 Å². The van der Waals surface area contributed by atoms with Gasteiger partial charge in [0.05, 0.1) is 12.6 Å². The molecule has 0 saturated heterocycles. The van der Waals surface area contributed by atoms with Crippen molar-refractivity contribution in [3.63, 3.8) is 0 Å². The van der Waals surface area contributed by atoms with Gasteiger partial charge in [0, 0.05) is 14.1 Å². The number of nitriles is 1. The van der Waals surface area contributed by atoms with E-state index in [1.54, 1.807) is 31.1 Å². The molecule has 1 aromatic heterocycles. The van der Waals surface area contributed by atoms with E-state index in [-0.39, 0.29) is 17.7 Å². The topological polar surface area (TPSA) is 69.3 Å². The zero-order valence-corrected chi connectivity index (χ0v) is 11.9. The highest BCUT2D eigenvalue weighted by Crippen LogP contribution is 2.10. The molecule has 0 aromatic carbocycles. The molecule has 5 nitrogen and oxygen atoms in total. The standard InChI is InChI=1S/C14H21N3O2/c1-10(2)7-13(14(18)17(3)4)16-9-12-6-5-11(8-15)19-12/h5-6,10,13,16H,7,9H2,1-4H3. The van der Waals surface area contributed by atoms with Crippen molar-refractivity contribution >= 4 is 5.91 Å². The van der Waals surface area contributed by atoms with Gasteiger partial charge in [-0.05, 0) is 24.5 Å². The Bertz CT molecular complexity index is 458. The fraction of sp³-hybridized carbons (Fsp3) is 0.571. The van der Waals surface area contributed by atoms with E-state index in [0.29, 0.717) is 18.2 Å². The van der Waals surface area contributed by atoms with Gasteiger partial charge >= 0.3 is 0 Å². The van der Waals surface area contributed by atoms with Gasteiger partial charge in [-0.2, -0.15) is 5.26 Å². The number of hydrogen-bond donors (Lipinski definition) is 1. The molecule has 1 atom stereocenters. The molecule has 1 unspecified atom stereocenters. The Labute approximate surface area is 114 Å². The third-order valence-electron chi connectivity index (χ3n) is 2.74. The van der Waals surface area contributed by atoms with E-state index in [1.807, 2.05) is 6.07 Å². The fourth-order valence-electron chi connectivity index (χ4n) is 1.81. The van der Waals surface area contributed by atoms with Gasteiger partial charge in [-0.1, -0.05) is 13.8 Å². The summed E-state index contributed by atoms with van der Waals surface area (Å²) in [6, 6.07) is 5.08. The van der Waals surface area contributed by atoms with E-state index >= 15 is 0 Å². The minimum atomic E-state index is -0.231. The van der Waals surface area contributed by atoms with Gasteiger partial charge < -0.3 is 9.32 Å². The highest BCUT2D eigenvalue weighted by Gasteiger charge is 2.21. The fourth-order valence-corrected chi connectivity index (χ4v) is 1.81. The van der Waals surface area contributed by atoms with Gasteiger partial charge in [0.25, 0.3) is 0 Å². The van der Waals surface area contributed by atoms with Gasteiger partial charge in [0.1, 0.15) is 11.8 Å². The Balaban J connectivity index is 2.62. The molecule has 0 aliphatic rings. The number of rotatable bonds is 6. The van der Waals surface area contributed by atoms with E-state index < -0.39 is 0 Å². The Morgan fingerprint density at radius 3 is 2.63 bits per heavy atom. The second kappa shape index (κ2) is 6.95. The number of amides is 1. The van der Waals surface area contributed by atoms with E-state index in [2.05, 4.69) is 19.2 Å². The summed E-state index contributed by atoms with van der Waals surface area (Å²) in [7, 11) is 3.50. The minimum absolute atomic E-state index is 0.0563. The van der Waals surface area contributed by atoms with E-state index in [1.165, 1.54) is 0 Å². The number of carbonyl (C=O) groups excluding carboxylic acids is 1. The minimum Gasteiger partial charge on any atom is -0.449 e. The normalized spacial score (nSPS) is 12.2. The number of likely N-dealkylation sites (N-methyl/N-ethyl adjacent to an activating group) is 1. The van der Waals surface area contributed by atoms with E-state index in [0.717, 1.165) is 6.42 Å². The quantitative estimate of drug-likeness (QED) is 0.848. The molecule has 0 bridgehead atoms. The number of furan rings is 1. The molecule has 0 spiro atoms. The van der Waals surface area contributed by atoms with Crippen LogP contribution in [0.3, 0.4) is 0 Å². The third-order valence-corrected chi connectivity index (χ3v) is 2.74. The molecule has 1 amide bonds. The Hall–Kier alpha value is -1.80. The number of hydrogen-bond acceptors (Lipinski definition) is 4. The predicted molar refractivity (Wildman–Crippen MR) is 72.2 cm³/mol. The monoisotopic (exact) mass is 263 g/mol. The second-order valence-corrected chi connectivity index (χ2v) is 5.17. The van der Waals surface area contributed by atoms with Gasteiger partial charge in [0.2, 0.25) is 11.7 Å². The summed E-state index contributed by atoms with van der Waals surface area (Å²) >= 11 is 0. The molecular weight excluding hydrogens is 242 g/mol. The molecule has 1 N–H and O–H groups in total.